The Balaban J connectivity index is 1.70. The Kier molecular flexibility index (Phi) is 4.18. The van der Waals surface area contributed by atoms with Crippen LogP contribution < -0.4 is 0 Å². The number of aryl methyl sites for hydroxylation is 1. The molecule has 5 nitrogen and oxygen atoms in total. The van der Waals surface area contributed by atoms with Crippen LogP contribution in [0.5, 0.6) is 0 Å². The van der Waals surface area contributed by atoms with Gasteiger partial charge < -0.3 is 10.0 Å². The number of carboxylic acids is 1. The van der Waals surface area contributed by atoms with E-state index in [0.29, 0.717) is 12.2 Å². The van der Waals surface area contributed by atoms with Crippen molar-refractivity contribution in [3.05, 3.63) is 35.0 Å². The summed E-state index contributed by atoms with van der Waals surface area (Å²) < 4.78 is -0.966. The maximum atomic E-state index is 11.7. The number of aliphatic carboxylic acids is 1. The summed E-state index contributed by atoms with van der Waals surface area (Å²) in [6, 6.07) is 3.86. The smallest absolute Gasteiger partial charge is 0.322 e. The second-order valence-corrected chi connectivity index (χ2v) is 7.90. The minimum absolute atomic E-state index is 0.0511. The number of carbonyl (C=O) groups excluding carboxylic acids is 1. The Morgan fingerprint density at radius 3 is 3.05 bits per heavy atom. The first-order valence-electron chi connectivity index (χ1n) is 6.92. The third-order valence-corrected chi connectivity index (χ3v) is 6.65. The number of pyridine rings is 1. The quantitative estimate of drug-likeness (QED) is 0.850. The van der Waals surface area contributed by atoms with E-state index in [2.05, 4.69) is 4.98 Å². The summed E-state index contributed by atoms with van der Waals surface area (Å²) in [6.45, 7) is 2.20. The minimum Gasteiger partial charge on any atom is -0.480 e. The third-order valence-electron chi connectivity index (χ3n) is 3.83. The molecule has 22 heavy (non-hydrogen) atoms. The van der Waals surface area contributed by atoms with Crippen molar-refractivity contribution in [2.45, 2.75) is 23.5 Å². The molecule has 7 heteroatoms. The molecule has 0 aliphatic carbocycles. The zero-order chi connectivity index (χ0) is 15.7. The third kappa shape index (κ3) is 2.87. The monoisotopic (exact) mass is 336 g/mol. The molecule has 0 spiro atoms. The van der Waals surface area contributed by atoms with Gasteiger partial charge in [-0.05, 0) is 30.0 Å². The van der Waals surface area contributed by atoms with Crippen LogP contribution in [0.4, 0.5) is 0 Å². The van der Waals surface area contributed by atoms with Crippen LogP contribution >= 0.6 is 23.5 Å². The van der Waals surface area contributed by atoms with Gasteiger partial charge in [-0.25, -0.2) is 0 Å². The summed E-state index contributed by atoms with van der Waals surface area (Å²) in [7, 11) is 0. The molecule has 2 saturated heterocycles. The van der Waals surface area contributed by atoms with Crippen molar-refractivity contribution in [3.63, 3.8) is 0 Å². The number of aromatic nitrogens is 1. The first kappa shape index (κ1) is 15.4. The van der Waals surface area contributed by atoms with Gasteiger partial charge in [0.05, 0.1) is 11.8 Å². The molecule has 2 atom stereocenters. The predicted octanol–water partition coefficient (Wildman–Crippen LogP) is 2.22. The van der Waals surface area contributed by atoms with Crippen LogP contribution in [0.25, 0.3) is 6.08 Å². The summed E-state index contributed by atoms with van der Waals surface area (Å²) >= 11 is 2.83. The lowest BCUT2D eigenvalue weighted by atomic mass is 10.1. The summed E-state index contributed by atoms with van der Waals surface area (Å²) in [4.78, 5) is 29.2. The molecule has 0 aromatic carbocycles. The number of rotatable bonds is 4. The molecule has 2 fully saturated rings. The number of hydrogen-bond donors (Lipinski definition) is 1. The zero-order valence-electron chi connectivity index (χ0n) is 12.1. The van der Waals surface area contributed by atoms with Crippen molar-refractivity contribution in [2.24, 2.45) is 0 Å². The lowest BCUT2D eigenvalue weighted by molar-refractivity contribution is -0.146. The molecule has 2 aliphatic rings. The fraction of sp³-hybridized carbons (Fsp3) is 0.400. The largest absolute Gasteiger partial charge is 0.480 e. The van der Waals surface area contributed by atoms with Crippen LogP contribution in [0.3, 0.4) is 0 Å². The summed E-state index contributed by atoms with van der Waals surface area (Å²) in [5, 5.41) is 11.6. The molecule has 1 N–H and O–H groups in total. The Morgan fingerprint density at radius 2 is 2.41 bits per heavy atom. The van der Waals surface area contributed by atoms with Gasteiger partial charge in [-0.2, -0.15) is 0 Å². The normalized spacial score (nSPS) is 27.6. The van der Waals surface area contributed by atoms with Crippen LogP contribution in [0, 0.1) is 6.92 Å². The van der Waals surface area contributed by atoms with Gasteiger partial charge in [-0.1, -0.05) is 6.07 Å². The number of nitrogens with zero attached hydrogens (tertiary/aromatic N) is 2. The fourth-order valence-electron chi connectivity index (χ4n) is 2.39. The van der Waals surface area contributed by atoms with E-state index >= 15 is 0 Å². The summed E-state index contributed by atoms with van der Waals surface area (Å²) in [5.74, 6) is -0.303. The van der Waals surface area contributed by atoms with E-state index in [0.717, 1.165) is 11.3 Å². The van der Waals surface area contributed by atoms with Gasteiger partial charge in [0.15, 0.2) is 0 Å². The molecule has 0 bridgehead atoms. The van der Waals surface area contributed by atoms with Gasteiger partial charge in [-0.3, -0.25) is 14.6 Å². The Hall–Kier alpha value is -1.47. The summed E-state index contributed by atoms with van der Waals surface area (Å²) in [5.41, 5.74) is 1.87. The van der Waals surface area contributed by atoms with E-state index < -0.39 is 10.7 Å². The lowest BCUT2D eigenvalue weighted by Crippen LogP contribution is -2.62. The van der Waals surface area contributed by atoms with Gasteiger partial charge in [0.25, 0.3) is 0 Å². The Labute approximate surface area is 137 Å². The number of carboxylic acid groups (broad SMARTS) is 1. The van der Waals surface area contributed by atoms with Gasteiger partial charge in [0.2, 0.25) is 5.91 Å². The van der Waals surface area contributed by atoms with Crippen LogP contribution in [-0.2, 0) is 9.59 Å². The molecule has 1 aromatic heterocycles. The highest BCUT2D eigenvalue weighted by molar-refractivity contribution is 8.06. The predicted molar refractivity (Wildman–Crippen MR) is 88.5 cm³/mol. The molecule has 1 unspecified atom stereocenters. The van der Waals surface area contributed by atoms with Crippen LogP contribution in [0.2, 0.25) is 0 Å². The van der Waals surface area contributed by atoms with Crippen molar-refractivity contribution in [1.29, 1.82) is 0 Å². The maximum Gasteiger partial charge on any atom is 0.322 e. The highest BCUT2D eigenvalue weighted by Crippen LogP contribution is 2.44. The van der Waals surface area contributed by atoms with Crippen LogP contribution in [0.15, 0.2) is 23.7 Å². The number of fused-ring (bicyclic) bond motifs is 1. The fourth-order valence-corrected chi connectivity index (χ4v) is 4.97. The average molecular weight is 336 g/mol. The van der Waals surface area contributed by atoms with E-state index in [4.69, 9.17) is 0 Å². The number of carbonyl (C=O) groups is 2. The summed E-state index contributed by atoms with van der Waals surface area (Å²) in [6.07, 6.45) is 4.15. The number of hydrogen-bond acceptors (Lipinski definition) is 5. The van der Waals surface area contributed by atoms with Gasteiger partial charge in [0.1, 0.15) is 4.75 Å². The van der Waals surface area contributed by atoms with Crippen molar-refractivity contribution in [3.8, 4) is 0 Å². The molecule has 116 valence electrons. The molecule has 3 heterocycles. The highest BCUT2D eigenvalue weighted by Gasteiger charge is 2.51. The number of β-lactam (4-membered cyclic amide) rings is 1. The molecule has 3 rings (SSSR count). The van der Waals surface area contributed by atoms with E-state index in [9.17, 15) is 14.7 Å². The van der Waals surface area contributed by atoms with Crippen molar-refractivity contribution < 1.29 is 14.7 Å². The second-order valence-electron chi connectivity index (χ2n) is 5.44. The van der Waals surface area contributed by atoms with Gasteiger partial charge >= 0.3 is 5.97 Å². The van der Waals surface area contributed by atoms with Gasteiger partial charge in [-0.15, -0.1) is 23.5 Å². The molecule has 1 amide bonds. The van der Waals surface area contributed by atoms with E-state index in [1.165, 1.54) is 11.8 Å². The number of amides is 1. The minimum atomic E-state index is -0.966. The highest BCUT2D eigenvalue weighted by atomic mass is 32.2. The van der Waals surface area contributed by atoms with Crippen molar-refractivity contribution in [2.75, 3.05) is 12.3 Å². The molecule has 1 aromatic rings. The molecular weight excluding hydrogens is 320 g/mol. The topological polar surface area (TPSA) is 70.5 Å². The Morgan fingerprint density at radius 1 is 1.59 bits per heavy atom. The van der Waals surface area contributed by atoms with Crippen LogP contribution in [-0.4, -0.2) is 49.3 Å². The zero-order valence-corrected chi connectivity index (χ0v) is 13.7. The van der Waals surface area contributed by atoms with E-state index in [-0.39, 0.29) is 17.8 Å². The van der Waals surface area contributed by atoms with Gasteiger partial charge in [0, 0.05) is 24.2 Å². The standard InChI is InChI=1S/C15H16N2O3S2/c1-10-2-3-11(7-16-10)4-5-22-15(14(19)20)8-17-12(18)6-13(17)21-9-15/h2-5,7,13H,6,8-9H2,1H3,(H,19,20)/t13-,15?/m1/s1. The number of thioether (sulfide) groups is 2. The molecule has 0 saturated carbocycles. The van der Waals surface area contributed by atoms with E-state index in [1.807, 2.05) is 25.1 Å². The first-order chi connectivity index (χ1) is 10.5. The van der Waals surface area contributed by atoms with Crippen molar-refractivity contribution in [1.82, 2.24) is 9.88 Å². The van der Waals surface area contributed by atoms with E-state index in [1.54, 1.807) is 28.3 Å². The molecule has 2 aliphatic heterocycles. The van der Waals surface area contributed by atoms with Crippen LogP contribution in [0.1, 0.15) is 17.7 Å². The Bertz CT molecular complexity index is 632. The SMILES string of the molecule is Cc1ccc(C=CSC2(C(=O)O)CS[C@@H]3CC(=O)N3C2)cn1. The molecule has 0 radical (unpaired) electrons. The lowest BCUT2D eigenvalue weighted by Gasteiger charge is -2.49. The average Bonchev–Trinajstić information content (AvgIpc) is 2.49. The first-order valence-corrected chi connectivity index (χ1v) is 8.84. The molecular formula is C15H16N2O3S2. The second kappa shape index (κ2) is 5.96. The van der Waals surface area contributed by atoms with Crippen molar-refractivity contribution >= 4 is 41.5 Å². The maximum absolute atomic E-state index is 11.7.